The van der Waals surface area contributed by atoms with Gasteiger partial charge in [-0.1, -0.05) is 41.7 Å². The maximum Gasteiger partial charge on any atom is 0.260 e. The van der Waals surface area contributed by atoms with Gasteiger partial charge in [-0.05, 0) is 66.9 Å². The zero-order valence-corrected chi connectivity index (χ0v) is 18.5. The molecule has 4 nitrogen and oxygen atoms in total. The van der Waals surface area contributed by atoms with Gasteiger partial charge in [-0.3, -0.25) is 9.69 Å². The first-order valence-electron chi connectivity index (χ1n) is 9.93. The molecule has 0 unspecified atom stereocenters. The first kappa shape index (κ1) is 20.1. The molecule has 5 heteroatoms. The van der Waals surface area contributed by atoms with Crippen molar-refractivity contribution in [1.29, 1.82) is 0 Å². The summed E-state index contributed by atoms with van der Waals surface area (Å²) in [6.07, 6.45) is 0. The van der Waals surface area contributed by atoms with Crippen molar-refractivity contribution in [3.05, 3.63) is 89.0 Å². The quantitative estimate of drug-likeness (QED) is 0.412. The van der Waals surface area contributed by atoms with Gasteiger partial charge in [-0.25, -0.2) is 4.98 Å². The van der Waals surface area contributed by atoms with E-state index in [4.69, 9.17) is 4.98 Å². The third kappa shape index (κ3) is 4.07. The molecule has 0 saturated carbocycles. The Morgan fingerprint density at radius 1 is 0.933 bits per heavy atom. The molecule has 0 aliphatic rings. The molecule has 4 rings (SSSR count). The molecule has 0 aliphatic carbocycles. The van der Waals surface area contributed by atoms with E-state index in [2.05, 4.69) is 26.0 Å². The standard InChI is InChI=1S/C25H25N3OS/c1-17-14-22-23(15-18(17)2)30-25(26-22)28(16-19-8-6-5-7-9-19)24(29)20-10-12-21(13-11-20)27(3)4/h5-15H,16H2,1-4H3. The van der Waals surface area contributed by atoms with Gasteiger partial charge in [-0.2, -0.15) is 0 Å². The van der Waals surface area contributed by atoms with E-state index < -0.39 is 0 Å². The summed E-state index contributed by atoms with van der Waals surface area (Å²) in [4.78, 5) is 22.1. The van der Waals surface area contributed by atoms with Crippen LogP contribution in [0.4, 0.5) is 10.8 Å². The van der Waals surface area contributed by atoms with Crippen molar-refractivity contribution < 1.29 is 4.79 Å². The Morgan fingerprint density at radius 3 is 2.27 bits per heavy atom. The zero-order chi connectivity index (χ0) is 21.3. The van der Waals surface area contributed by atoms with Crippen LogP contribution < -0.4 is 9.80 Å². The average Bonchev–Trinajstić information content (AvgIpc) is 3.15. The van der Waals surface area contributed by atoms with E-state index in [0.29, 0.717) is 12.1 Å². The molecule has 4 aromatic rings. The number of aryl methyl sites for hydroxylation is 2. The fraction of sp³-hybridized carbons (Fsp3) is 0.200. The van der Waals surface area contributed by atoms with Crippen LogP contribution in [0.15, 0.2) is 66.7 Å². The smallest absolute Gasteiger partial charge is 0.260 e. The second-order valence-corrected chi connectivity index (χ2v) is 8.73. The summed E-state index contributed by atoms with van der Waals surface area (Å²) in [5.41, 5.74) is 6.17. The summed E-state index contributed by atoms with van der Waals surface area (Å²) >= 11 is 1.56. The number of amides is 1. The van der Waals surface area contributed by atoms with Crippen molar-refractivity contribution in [1.82, 2.24) is 4.98 Å². The lowest BCUT2D eigenvalue weighted by Crippen LogP contribution is -2.30. The summed E-state index contributed by atoms with van der Waals surface area (Å²) < 4.78 is 1.10. The Kier molecular flexibility index (Phi) is 5.55. The molecule has 0 atom stereocenters. The van der Waals surface area contributed by atoms with Crippen LogP contribution in [0.3, 0.4) is 0 Å². The summed E-state index contributed by atoms with van der Waals surface area (Å²) in [5.74, 6) is -0.0448. The maximum atomic E-state index is 13.5. The number of aromatic nitrogens is 1. The van der Waals surface area contributed by atoms with Gasteiger partial charge in [-0.15, -0.1) is 0 Å². The highest BCUT2D eigenvalue weighted by atomic mass is 32.1. The van der Waals surface area contributed by atoms with Gasteiger partial charge in [0.15, 0.2) is 5.13 Å². The molecular formula is C25H25N3OS. The minimum absolute atomic E-state index is 0.0448. The van der Waals surface area contributed by atoms with E-state index in [0.717, 1.165) is 26.6 Å². The number of benzene rings is 3. The van der Waals surface area contributed by atoms with E-state index in [9.17, 15) is 4.79 Å². The van der Waals surface area contributed by atoms with Crippen molar-refractivity contribution in [2.75, 3.05) is 23.9 Å². The van der Waals surface area contributed by atoms with Crippen molar-refractivity contribution in [2.24, 2.45) is 0 Å². The number of nitrogens with zero attached hydrogens (tertiary/aromatic N) is 3. The highest BCUT2D eigenvalue weighted by Gasteiger charge is 2.22. The predicted octanol–water partition coefficient (Wildman–Crippen LogP) is 5.83. The van der Waals surface area contributed by atoms with Crippen LogP contribution in [0.5, 0.6) is 0 Å². The van der Waals surface area contributed by atoms with Crippen LogP contribution in [0.2, 0.25) is 0 Å². The van der Waals surface area contributed by atoms with Crippen LogP contribution in [-0.2, 0) is 6.54 Å². The molecular weight excluding hydrogens is 390 g/mol. The molecule has 1 amide bonds. The van der Waals surface area contributed by atoms with E-state index in [1.807, 2.05) is 73.6 Å². The number of carbonyl (C=O) groups excluding carboxylic acids is 1. The summed E-state index contributed by atoms with van der Waals surface area (Å²) in [7, 11) is 3.98. The lowest BCUT2D eigenvalue weighted by atomic mass is 10.1. The molecule has 152 valence electrons. The fourth-order valence-corrected chi connectivity index (χ4v) is 4.38. The predicted molar refractivity (Wildman–Crippen MR) is 127 cm³/mol. The van der Waals surface area contributed by atoms with Crippen LogP contribution in [0.25, 0.3) is 10.2 Å². The highest BCUT2D eigenvalue weighted by Crippen LogP contribution is 2.32. The van der Waals surface area contributed by atoms with E-state index >= 15 is 0 Å². The largest absolute Gasteiger partial charge is 0.378 e. The van der Waals surface area contributed by atoms with Gasteiger partial charge in [0.05, 0.1) is 16.8 Å². The van der Waals surface area contributed by atoms with E-state index in [1.54, 1.807) is 16.2 Å². The van der Waals surface area contributed by atoms with Crippen molar-refractivity contribution in [3.63, 3.8) is 0 Å². The lowest BCUT2D eigenvalue weighted by Gasteiger charge is -2.21. The van der Waals surface area contributed by atoms with Gasteiger partial charge in [0.2, 0.25) is 0 Å². The number of fused-ring (bicyclic) bond motifs is 1. The number of carbonyl (C=O) groups is 1. The van der Waals surface area contributed by atoms with Gasteiger partial charge >= 0.3 is 0 Å². The summed E-state index contributed by atoms with van der Waals surface area (Å²) in [5, 5.41) is 0.723. The molecule has 0 aliphatic heterocycles. The monoisotopic (exact) mass is 415 g/mol. The average molecular weight is 416 g/mol. The van der Waals surface area contributed by atoms with Crippen LogP contribution >= 0.6 is 11.3 Å². The number of rotatable bonds is 5. The molecule has 1 aromatic heterocycles. The normalized spacial score (nSPS) is 10.9. The van der Waals surface area contributed by atoms with E-state index in [-0.39, 0.29) is 5.91 Å². The molecule has 1 heterocycles. The Morgan fingerprint density at radius 2 is 1.60 bits per heavy atom. The molecule has 0 spiro atoms. The fourth-order valence-electron chi connectivity index (χ4n) is 3.33. The summed E-state index contributed by atoms with van der Waals surface area (Å²) in [6, 6.07) is 22.0. The van der Waals surface area contributed by atoms with Crippen LogP contribution in [0, 0.1) is 13.8 Å². The molecule has 0 bridgehead atoms. The number of hydrogen-bond acceptors (Lipinski definition) is 4. The van der Waals surface area contributed by atoms with Crippen molar-refractivity contribution in [2.45, 2.75) is 20.4 Å². The third-order valence-corrected chi connectivity index (χ3v) is 6.32. The Hall–Kier alpha value is -3.18. The lowest BCUT2D eigenvalue weighted by molar-refractivity contribution is 0.0985. The highest BCUT2D eigenvalue weighted by molar-refractivity contribution is 7.22. The van der Waals surface area contributed by atoms with Crippen LogP contribution in [0.1, 0.15) is 27.0 Å². The SMILES string of the molecule is Cc1cc2nc(N(Cc3ccccc3)C(=O)c3ccc(N(C)C)cc3)sc2cc1C. The van der Waals surface area contributed by atoms with Crippen LogP contribution in [-0.4, -0.2) is 25.0 Å². The van der Waals surface area contributed by atoms with Crippen molar-refractivity contribution >= 4 is 38.3 Å². The van der Waals surface area contributed by atoms with Gasteiger partial charge < -0.3 is 4.90 Å². The van der Waals surface area contributed by atoms with Gasteiger partial charge in [0.1, 0.15) is 0 Å². The number of anilines is 2. The van der Waals surface area contributed by atoms with Gasteiger partial charge in [0.25, 0.3) is 5.91 Å². The van der Waals surface area contributed by atoms with Gasteiger partial charge in [0, 0.05) is 25.3 Å². The molecule has 0 radical (unpaired) electrons. The van der Waals surface area contributed by atoms with E-state index in [1.165, 1.54) is 11.1 Å². The molecule has 3 aromatic carbocycles. The Bertz CT molecular complexity index is 1140. The summed E-state index contributed by atoms with van der Waals surface area (Å²) in [6.45, 7) is 4.67. The Labute approximate surface area is 181 Å². The first-order valence-corrected chi connectivity index (χ1v) is 10.7. The second-order valence-electron chi connectivity index (χ2n) is 7.72. The topological polar surface area (TPSA) is 36.4 Å². The first-order chi connectivity index (χ1) is 14.4. The minimum atomic E-state index is -0.0448. The minimum Gasteiger partial charge on any atom is -0.378 e. The Balaban J connectivity index is 1.75. The zero-order valence-electron chi connectivity index (χ0n) is 17.7. The molecule has 30 heavy (non-hydrogen) atoms. The molecule has 0 fully saturated rings. The third-order valence-electron chi connectivity index (χ3n) is 5.28. The molecule has 0 N–H and O–H groups in total. The number of thiazole rings is 1. The maximum absolute atomic E-state index is 13.5. The number of hydrogen-bond donors (Lipinski definition) is 0. The second kappa shape index (κ2) is 8.28. The van der Waals surface area contributed by atoms with Crippen molar-refractivity contribution in [3.8, 4) is 0 Å². The molecule has 0 saturated heterocycles.